The smallest absolute Gasteiger partial charge is 0.267 e. The summed E-state index contributed by atoms with van der Waals surface area (Å²) >= 11 is 2.87. The van der Waals surface area contributed by atoms with Crippen molar-refractivity contribution >= 4 is 33.7 Å². The zero-order valence-corrected chi connectivity index (χ0v) is 13.8. The number of aryl methyl sites for hydroxylation is 1. The summed E-state index contributed by atoms with van der Waals surface area (Å²) in [7, 11) is 0. The fourth-order valence-corrected chi connectivity index (χ4v) is 3.49. The average molecular weight is 328 g/mol. The second kappa shape index (κ2) is 6.85. The van der Waals surface area contributed by atoms with E-state index >= 15 is 0 Å². The van der Waals surface area contributed by atoms with E-state index < -0.39 is 0 Å². The maximum absolute atomic E-state index is 12.0. The summed E-state index contributed by atoms with van der Waals surface area (Å²) in [6.07, 6.45) is 2.24. The number of carbonyl (C=O) groups is 1. The first-order chi connectivity index (χ1) is 10.8. The number of hydrogen-bond acceptors (Lipinski definition) is 4. The first-order valence-corrected chi connectivity index (χ1v) is 8.92. The van der Waals surface area contributed by atoms with Gasteiger partial charge in [-0.15, -0.1) is 22.7 Å². The summed E-state index contributed by atoms with van der Waals surface area (Å²) in [5.74, 6) is -0.103. The molecule has 0 saturated carbocycles. The number of thiazole rings is 1. The van der Waals surface area contributed by atoms with Crippen molar-refractivity contribution < 1.29 is 4.79 Å². The summed E-state index contributed by atoms with van der Waals surface area (Å²) in [5, 5.41) is 7.34. The highest BCUT2D eigenvalue weighted by Gasteiger charge is 2.10. The maximum atomic E-state index is 12.0. The lowest BCUT2D eigenvalue weighted by Gasteiger charge is -2.01. The minimum atomic E-state index is -0.103. The molecule has 0 atom stereocenters. The van der Waals surface area contributed by atoms with Crippen LogP contribution in [0.2, 0.25) is 0 Å². The van der Waals surface area contributed by atoms with Gasteiger partial charge in [0.15, 0.2) is 5.13 Å². The minimum absolute atomic E-state index is 0.103. The fraction of sp³-hybridized carbons (Fsp3) is 0.176. The Kier molecular flexibility index (Phi) is 4.65. The number of rotatable bonds is 5. The van der Waals surface area contributed by atoms with Gasteiger partial charge in [-0.2, -0.15) is 0 Å². The highest BCUT2D eigenvalue weighted by Crippen LogP contribution is 2.26. The predicted molar refractivity (Wildman–Crippen MR) is 93.8 cm³/mol. The molecule has 3 nitrogen and oxygen atoms in total. The number of nitrogens with one attached hydrogen (secondary N) is 1. The first-order valence-electron chi connectivity index (χ1n) is 7.16. The third-order valence-electron chi connectivity index (χ3n) is 3.26. The molecule has 0 aliphatic heterocycles. The maximum Gasteiger partial charge on any atom is 0.267 e. The monoisotopic (exact) mass is 328 g/mol. The lowest BCUT2D eigenvalue weighted by atomic mass is 10.1. The fourth-order valence-electron chi connectivity index (χ4n) is 2.16. The third-order valence-corrected chi connectivity index (χ3v) is 4.88. The summed E-state index contributed by atoms with van der Waals surface area (Å²) in [4.78, 5) is 17.2. The quantitative estimate of drug-likeness (QED) is 0.710. The van der Waals surface area contributed by atoms with Gasteiger partial charge in [-0.1, -0.05) is 43.7 Å². The van der Waals surface area contributed by atoms with E-state index in [4.69, 9.17) is 0 Å². The molecule has 0 spiro atoms. The minimum Gasteiger partial charge on any atom is -0.297 e. The molecule has 0 aliphatic rings. The van der Waals surface area contributed by atoms with Gasteiger partial charge in [-0.3, -0.25) is 10.1 Å². The molecule has 0 saturated heterocycles. The Hall–Kier alpha value is -1.98. The molecule has 1 aromatic carbocycles. The van der Waals surface area contributed by atoms with Gasteiger partial charge in [-0.05, 0) is 23.4 Å². The predicted octanol–water partition coefficient (Wildman–Crippen LogP) is 5.08. The van der Waals surface area contributed by atoms with Gasteiger partial charge in [-0.25, -0.2) is 4.98 Å². The Morgan fingerprint density at radius 2 is 2.00 bits per heavy atom. The molecule has 0 radical (unpaired) electrons. The molecule has 0 fully saturated rings. The molecular weight excluding hydrogens is 312 g/mol. The Bertz CT molecular complexity index is 745. The summed E-state index contributed by atoms with van der Waals surface area (Å²) in [6.45, 7) is 2.18. The van der Waals surface area contributed by atoms with Crippen LogP contribution in [0.4, 0.5) is 5.13 Å². The molecule has 0 bridgehead atoms. The number of carbonyl (C=O) groups excluding carboxylic acids is 1. The topological polar surface area (TPSA) is 42.0 Å². The Labute approximate surface area is 137 Å². The standard InChI is InChI=1S/C17H16N2OS2/c1-2-4-12-6-8-13(9-7-12)14-11-22-17(18-14)19-16(20)15-5-3-10-21-15/h3,5-11H,2,4H2,1H3,(H,18,19,20). The summed E-state index contributed by atoms with van der Waals surface area (Å²) < 4.78 is 0. The van der Waals surface area contributed by atoms with Crippen LogP contribution in [-0.2, 0) is 6.42 Å². The zero-order valence-electron chi connectivity index (χ0n) is 12.2. The molecule has 3 aromatic rings. The van der Waals surface area contributed by atoms with Crippen molar-refractivity contribution in [3.05, 3.63) is 57.6 Å². The van der Waals surface area contributed by atoms with Crippen LogP contribution in [0.1, 0.15) is 28.6 Å². The second-order valence-electron chi connectivity index (χ2n) is 4.92. The molecular formula is C17H16N2OS2. The van der Waals surface area contributed by atoms with Crippen LogP contribution in [0.3, 0.4) is 0 Å². The van der Waals surface area contributed by atoms with Crippen molar-refractivity contribution in [3.63, 3.8) is 0 Å². The molecule has 112 valence electrons. The largest absolute Gasteiger partial charge is 0.297 e. The molecule has 2 heterocycles. The number of amides is 1. The molecule has 2 aromatic heterocycles. The summed E-state index contributed by atoms with van der Waals surface area (Å²) in [5.41, 5.74) is 3.31. The van der Waals surface area contributed by atoms with Gasteiger partial charge in [0.1, 0.15) is 0 Å². The van der Waals surface area contributed by atoms with Crippen LogP contribution in [-0.4, -0.2) is 10.9 Å². The first kappa shape index (κ1) is 14.9. The molecule has 3 rings (SSSR count). The van der Waals surface area contributed by atoms with E-state index in [9.17, 15) is 4.79 Å². The second-order valence-corrected chi connectivity index (χ2v) is 6.72. The van der Waals surface area contributed by atoms with E-state index in [0.29, 0.717) is 10.0 Å². The van der Waals surface area contributed by atoms with Crippen LogP contribution in [0, 0.1) is 0 Å². The molecule has 22 heavy (non-hydrogen) atoms. The van der Waals surface area contributed by atoms with Crippen molar-refractivity contribution in [1.29, 1.82) is 0 Å². The molecule has 0 unspecified atom stereocenters. The molecule has 1 N–H and O–H groups in total. The van der Waals surface area contributed by atoms with E-state index in [-0.39, 0.29) is 5.91 Å². The number of aromatic nitrogens is 1. The van der Waals surface area contributed by atoms with Crippen LogP contribution < -0.4 is 5.32 Å². The van der Waals surface area contributed by atoms with Crippen molar-refractivity contribution in [3.8, 4) is 11.3 Å². The molecule has 1 amide bonds. The van der Waals surface area contributed by atoms with Crippen molar-refractivity contribution in [2.45, 2.75) is 19.8 Å². The average Bonchev–Trinajstić information content (AvgIpc) is 3.19. The van der Waals surface area contributed by atoms with Gasteiger partial charge in [0.05, 0.1) is 10.6 Å². The van der Waals surface area contributed by atoms with Crippen LogP contribution in [0.15, 0.2) is 47.2 Å². The van der Waals surface area contributed by atoms with E-state index in [0.717, 1.165) is 24.1 Å². The highest BCUT2D eigenvalue weighted by atomic mass is 32.1. The Morgan fingerprint density at radius 3 is 2.68 bits per heavy atom. The zero-order chi connectivity index (χ0) is 15.4. The third kappa shape index (κ3) is 3.43. The van der Waals surface area contributed by atoms with Crippen molar-refractivity contribution in [1.82, 2.24) is 4.98 Å². The highest BCUT2D eigenvalue weighted by molar-refractivity contribution is 7.14. The van der Waals surface area contributed by atoms with Gasteiger partial charge in [0.2, 0.25) is 0 Å². The number of benzene rings is 1. The Morgan fingerprint density at radius 1 is 1.18 bits per heavy atom. The van der Waals surface area contributed by atoms with Crippen LogP contribution >= 0.6 is 22.7 Å². The van der Waals surface area contributed by atoms with Gasteiger partial charge in [0, 0.05) is 10.9 Å². The number of thiophene rings is 1. The number of nitrogens with zero attached hydrogens (tertiary/aromatic N) is 1. The van der Waals surface area contributed by atoms with E-state index in [1.54, 1.807) is 6.07 Å². The normalized spacial score (nSPS) is 10.6. The molecule has 0 aliphatic carbocycles. The van der Waals surface area contributed by atoms with Crippen LogP contribution in [0.5, 0.6) is 0 Å². The van der Waals surface area contributed by atoms with Gasteiger partial charge >= 0.3 is 0 Å². The number of anilines is 1. The molecule has 5 heteroatoms. The van der Waals surface area contributed by atoms with Crippen LogP contribution in [0.25, 0.3) is 11.3 Å². The number of hydrogen-bond donors (Lipinski definition) is 1. The van der Waals surface area contributed by atoms with Gasteiger partial charge in [0.25, 0.3) is 5.91 Å². The SMILES string of the molecule is CCCc1ccc(-c2csc(NC(=O)c3cccs3)n2)cc1. The van der Waals surface area contributed by atoms with E-state index in [2.05, 4.69) is 41.5 Å². The summed E-state index contributed by atoms with van der Waals surface area (Å²) in [6, 6.07) is 12.1. The lowest BCUT2D eigenvalue weighted by molar-refractivity contribution is 0.103. The van der Waals surface area contributed by atoms with E-state index in [1.807, 2.05) is 16.8 Å². The Balaban J connectivity index is 1.72. The van der Waals surface area contributed by atoms with Gasteiger partial charge < -0.3 is 0 Å². The van der Waals surface area contributed by atoms with E-state index in [1.165, 1.54) is 28.2 Å². The van der Waals surface area contributed by atoms with Crippen molar-refractivity contribution in [2.75, 3.05) is 5.32 Å². The lowest BCUT2D eigenvalue weighted by Crippen LogP contribution is -2.09. The van der Waals surface area contributed by atoms with Crippen molar-refractivity contribution in [2.24, 2.45) is 0 Å².